The molecule has 6 aromatic rings. The summed E-state index contributed by atoms with van der Waals surface area (Å²) in [6.45, 7) is 8.71. The van der Waals surface area contributed by atoms with E-state index in [4.69, 9.17) is 14.2 Å². The topological polar surface area (TPSA) is 120 Å². The average Bonchev–Trinajstić information content (AvgIpc) is 3.99. The molecule has 0 bridgehead atoms. The Morgan fingerprint density at radius 3 is 2.28 bits per heavy atom. The summed E-state index contributed by atoms with van der Waals surface area (Å²) in [6, 6.07) is 24.7. The normalized spacial score (nSPS) is 20.1. The number of hydrogen-bond acceptors (Lipinski definition) is 9. The van der Waals surface area contributed by atoms with Crippen molar-refractivity contribution >= 4 is 22.3 Å². The van der Waals surface area contributed by atoms with Gasteiger partial charge in [-0.05, 0) is 79.4 Å². The molecule has 2 saturated heterocycles. The van der Waals surface area contributed by atoms with Crippen LogP contribution in [0.4, 0.5) is 11.4 Å². The standard InChI is InChI=1S/C37H41N9O4/c1-3-27(2)46-36(47)44(26-41-46)32-8-6-30(7-9-32)42-18-20-43(21-19-42)31-10-12-33(13-11-31)48-23-34-24-49-37(50-34,25-45-39-16-17-40-45)29-5-4-28-14-15-38-35(28)22-29/h4-17,22,26-27,34,38H,3,18-21,23-25H2,1-2H3. The first-order valence-corrected chi connectivity index (χ1v) is 17.2. The maximum absolute atomic E-state index is 12.8. The molecule has 0 aliphatic carbocycles. The van der Waals surface area contributed by atoms with Gasteiger partial charge in [-0.3, -0.25) is 0 Å². The Morgan fingerprint density at radius 2 is 1.58 bits per heavy atom. The molecule has 1 N–H and O–H groups in total. The first kappa shape index (κ1) is 31.8. The Bertz CT molecular complexity index is 2080. The van der Waals surface area contributed by atoms with Crippen molar-refractivity contribution < 1.29 is 14.2 Å². The monoisotopic (exact) mass is 675 g/mol. The van der Waals surface area contributed by atoms with Gasteiger partial charge < -0.3 is 29.0 Å². The second-order valence-electron chi connectivity index (χ2n) is 12.9. The second kappa shape index (κ2) is 13.5. The Morgan fingerprint density at radius 1 is 0.900 bits per heavy atom. The third kappa shape index (κ3) is 6.25. The zero-order chi connectivity index (χ0) is 34.1. The highest BCUT2D eigenvalue weighted by Gasteiger charge is 2.45. The van der Waals surface area contributed by atoms with E-state index in [0.29, 0.717) is 19.8 Å². The lowest BCUT2D eigenvalue weighted by atomic mass is 10.0. The van der Waals surface area contributed by atoms with Gasteiger partial charge in [0, 0.05) is 54.8 Å². The van der Waals surface area contributed by atoms with Crippen molar-refractivity contribution in [3.63, 3.8) is 0 Å². The predicted molar refractivity (Wildman–Crippen MR) is 190 cm³/mol. The third-order valence-corrected chi connectivity index (χ3v) is 9.78. The predicted octanol–water partition coefficient (Wildman–Crippen LogP) is 4.75. The summed E-state index contributed by atoms with van der Waals surface area (Å²) in [7, 11) is 0. The molecule has 0 radical (unpaired) electrons. The molecule has 258 valence electrons. The smallest absolute Gasteiger partial charge is 0.350 e. The van der Waals surface area contributed by atoms with Gasteiger partial charge in [-0.2, -0.15) is 20.1 Å². The lowest BCUT2D eigenvalue weighted by Gasteiger charge is -2.37. The van der Waals surface area contributed by atoms with E-state index in [1.165, 1.54) is 0 Å². The van der Waals surface area contributed by atoms with Gasteiger partial charge in [-0.25, -0.2) is 14.0 Å². The third-order valence-electron chi connectivity index (χ3n) is 9.78. The number of H-pyrrole nitrogens is 1. The molecular weight excluding hydrogens is 634 g/mol. The number of nitrogens with one attached hydrogen (secondary N) is 1. The maximum atomic E-state index is 12.8. The molecular formula is C37H41N9O4. The fourth-order valence-electron chi connectivity index (χ4n) is 6.73. The van der Waals surface area contributed by atoms with E-state index in [9.17, 15) is 4.79 Å². The molecule has 50 heavy (non-hydrogen) atoms. The van der Waals surface area contributed by atoms with Crippen LogP contribution < -0.4 is 20.2 Å². The molecule has 3 aromatic heterocycles. The van der Waals surface area contributed by atoms with E-state index < -0.39 is 5.79 Å². The van der Waals surface area contributed by atoms with Crippen LogP contribution in [0.1, 0.15) is 31.9 Å². The fraction of sp³-hybridized carbons (Fsp3) is 0.351. The van der Waals surface area contributed by atoms with E-state index in [-0.39, 0.29) is 17.8 Å². The number of hydrogen-bond donors (Lipinski definition) is 1. The first-order valence-electron chi connectivity index (χ1n) is 17.2. The number of fused-ring (bicyclic) bond motifs is 1. The number of anilines is 2. The van der Waals surface area contributed by atoms with Crippen LogP contribution in [0.15, 0.2) is 103 Å². The number of aromatic nitrogens is 7. The first-order chi connectivity index (χ1) is 24.5. The Hall–Kier alpha value is -5.40. The number of nitrogens with zero attached hydrogens (tertiary/aromatic N) is 8. The summed E-state index contributed by atoms with van der Waals surface area (Å²) in [6.07, 6.45) is 7.41. The molecule has 0 saturated carbocycles. The summed E-state index contributed by atoms with van der Waals surface area (Å²) >= 11 is 0. The number of benzene rings is 3. The lowest BCUT2D eigenvalue weighted by molar-refractivity contribution is -0.192. The second-order valence-corrected chi connectivity index (χ2v) is 12.9. The highest BCUT2D eigenvalue weighted by molar-refractivity contribution is 5.80. The van der Waals surface area contributed by atoms with E-state index >= 15 is 0 Å². The summed E-state index contributed by atoms with van der Waals surface area (Å²) in [4.78, 5) is 22.5. The molecule has 3 unspecified atom stereocenters. The van der Waals surface area contributed by atoms with Crippen molar-refractivity contribution in [1.29, 1.82) is 0 Å². The number of piperazine rings is 1. The molecule has 0 amide bonds. The zero-order valence-electron chi connectivity index (χ0n) is 28.3. The number of rotatable bonds is 11. The minimum atomic E-state index is -1.03. The summed E-state index contributed by atoms with van der Waals surface area (Å²) in [5.74, 6) is -0.249. The Kier molecular flexibility index (Phi) is 8.59. The lowest BCUT2D eigenvalue weighted by Crippen LogP contribution is -2.46. The molecule has 13 heteroatoms. The van der Waals surface area contributed by atoms with Gasteiger partial charge in [0.05, 0.1) is 30.7 Å². The zero-order valence-corrected chi connectivity index (χ0v) is 28.3. The van der Waals surface area contributed by atoms with Crippen LogP contribution in [0, 0.1) is 0 Å². The van der Waals surface area contributed by atoms with Gasteiger partial charge in [0.25, 0.3) is 0 Å². The minimum Gasteiger partial charge on any atom is -0.491 e. The summed E-state index contributed by atoms with van der Waals surface area (Å²) in [5, 5.41) is 14.0. The molecule has 2 aliphatic rings. The van der Waals surface area contributed by atoms with Crippen molar-refractivity contribution in [1.82, 2.24) is 34.3 Å². The molecule has 13 nitrogen and oxygen atoms in total. The van der Waals surface area contributed by atoms with Crippen LogP contribution in [0.5, 0.6) is 5.75 Å². The van der Waals surface area contributed by atoms with Crippen LogP contribution >= 0.6 is 0 Å². The van der Waals surface area contributed by atoms with Gasteiger partial charge in [0.2, 0.25) is 5.79 Å². The van der Waals surface area contributed by atoms with Gasteiger partial charge in [0.15, 0.2) is 0 Å². The van der Waals surface area contributed by atoms with E-state index in [1.54, 1.807) is 32.8 Å². The molecule has 8 rings (SSSR count). The van der Waals surface area contributed by atoms with Crippen molar-refractivity contribution in [2.45, 2.75) is 44.7 Å². The SMILES string of the molecule is CCC(C)n1ncn(-c2ccc(N3CCN(c4ccc(OCC5COC(Cn6nccn6)(c6ccc7cc[nH]c7c6)O5)cc4)CC3)cc2)c1=O. The van der Waals surface area contributed by atoms with E-state index in [1.807, 2.05) is 49.5 Å². The number of aromatic amines is 1. The van der Waals surface area contributed by atoms with Crippen LogP contribution in [0.3, 0.4) is 0 Å². The van der Waals surface area contributed by atoms with Gasteiger partial charge in [0.1, 0.15) is 31.3 Å². The van der Waals surface area contributed by atoms with Crippen molar-refractivity contribution in [2.24, 2.45) is 0 Å². The van der Waals surface area contributed by atoms with Gasteiger partial charge in [-0.1, -0.05) is 19.1 Å². The molecule has 2 fully saturated rings. The van der Waals surface area contributed by atoms with Crippen LogP contribution in [0.2, 0.25) is 0 Å². The maximum Gasteiger partial charge on any atom is 0.350 e. The van der Waals surface area contributed by atoms with Crippen LogP contribution in [-0.4, -0.2) is 79.8 Å². The summed E-state index contributed by atoms with van der Waals surface area (Å²) < 4.78 is 22.3. The van der Waals surface area contributed by atoms with Crippen molar-refractivity contribution in [2.75, 3.05) is 49.2 Å². The molecule has 2 aliphatic heterocycles. The Labute approximate surface area is 289 Å². The van der Waals surface area contributed by atoms with Gasteiger partial charge in [-0.15, -0.1) is 0 Å². The van der Waals surface area contributed by atoms with Crippen molar-refractivity contribution in [3.05, 3.63) is 114 Å². The number of ether oxygens (including phenoxy) is 3. The highest BCUT2D eigenvalue weighted by Crippen LogP contribution is 2.37. The fourth-order valence-corrected chi connectivity index (χ4v) is 6.73. The summed E-state index contributed by atoms with van der Waals surface area (Å²) in [5.41, 5.74) is 4.93. The molecule has 5 heterocycles. The van der Waals surface area contributed by atoms with E-state index in [0.717, 1.165) is 71.9 Å². The largest absolute Gasteiger partial charge is 0.491 e. The van der Waals surface area contributed by atoms with Crippen LogP contribution in [-0.2, 0) is 21.8 Å². The average molecular weight is 676 g/mol. The molecule has 3 atom stereocenters. The molecule has 0 spiro atoms. The van der Waals surface area contributed by atoms with Crippen molar-refractivity contribution in [3.8, 4) is 11.4 Å². The Balaban J connectivity index is 0.855. The van der Waals surface area contributed by atoms with Crippen LogP contribution in [0.25, 0.3) is 16.6 Å². The molecule has 3 aromatic carbocycles. The van der Waals surface area contributed by atoms with Gasteiger partial charge >= 0.3 is 5.69 Å². The highest BCUT2D eigenvalue weighted by atomic mass is 16.8. The quantitative estimate of drug-likeness (QED) is 0.208. The minimum absolute atomic E-state index is 0.0694. The van der Waals surface area contributed by atoms with E-state index in [2.05, 4.69) is 73.4 Å².